The van der Waals surface area contributed by atoms with E-state index < -0.39 is 26.6 Å². The van der Waals surface area contributed by atoms with Crippen molar-refractivity contribution in [3.63, 3.8) is 0 Å². The van der Waals surface area contributed by atoms with E-state index in [1.54, 1.807) is 36.4 Å². The highest BCUT2D eigenvalue weighted by atomic mass is 32.2. The Morgan fingerprint density at radius 3 is 2.65 bits per heavy atom. The van der Waals surface area contributed by atoms with Crippen molar-refractivity contribution in [3.8, 4) is 11.5 Å². The third-order valence-electron chi connectivity index (χ3n) is 4.66. The van der Waals surface area contributed by atoms with Crippen LogP contribution in [0.4, 0.5) is 10.1 Å². The molecule has 1 heterocycles. The summed E-state index contributed by atoms with van der Waals surface area (Å²) in [6, 6.07) is 15.3. The lowest BCUT2D eigenvalue weighted by Crippen LogP contribution is -2.25. The molecule has 7 nitrogen and oxygen atoms in total. The molecule has 0 fully saturated rings. The van der Waals surface area contributed by atoms with Gasteiger partial charge < -0.3 is 14.8 Å². The first-order valence-electron chi connectivity index (χ1n) is 9.37. The quantitative estimate of drug-likeness (QED) is 0.609. The number of ether oxygens (including phenoxy) is 2. The van der Waals surface area contributed by atoms with Gasteiger partial charge in [-0.1, -0.05) is 18.2 Å². The number of carbonyl (C=O) groups is 1. The summed E-state index contributed by atoms with van der Waals surface area (Å²) < 4.78 is 52.6. The van der Waals surface area contributed by atoms with E-state index in [-0.39, 0.29) is 18.9 Å². The molecule has 9 heteroatoms. The lowest BCUT2D eigenvalue weighted by molar-refractivity contribution is 0.102. The van der Waals surface area contributed by atoms with Crippen molar-refractivity contribution in [1.29, 1.82) is 0 Å². The maximum absolute atomic E-state index is 14.3. The molecule has 1 aliphatic heterocycles. The highest BCUT2D eigenvalue weighted by Crippen LogP contribution is 2.32. The summed E-state index contributed by atoms with van der Waals surface area (Å²) in [5, 5.41) is 2.68. The zero-order valence-corrected chi connectivity index (χ0v) is 17.3. The van der Waals surface area contributed by atoms with E-state index in [0.29, 0.717) is 22.7 Å². The number of fused-ring (bicyclic) bond motifs is 1. The molecule has 0 spiro atoms. The minimum Gasteiger partial charge on any atom is -0.454 e. The summed E-state index contributed by atoms with van der Waals surface area (Å²) in [7, 11) is -4.22. The number of hydrogen-bond donors (Lipinski definition) is 2. The molecule has 2 N–H and O–H groups in total. The van der Waals surface area contributed by atoms with E-state index in [2.05, 4.69) is 10.0 Å². The van der Waals surface area contributed by atoms with E-state index in [1.165, 1.54) is 6.07 Å². The van der Waals surface area contributed by atoms with Gasteiger partial charge in [0.15, 0.2) is 11.5 Å². The van der Waals surface area contributed by atoms with Crippen LogP contribution in [0.25, 0.3) is 0 Å². The average Bonchev–Trinajstić information content (AvgIpc) is 3.20. The van der Waals surface area contributed by atoms with Gasteiger partial charge in [0, 0.05) is 17.8 Å². The lowest BCUT2D eigenvalue weighted by Gasteiger charge is -2.11. The summed E-state index contributed by atoms with van der Waals surface area (Å²) in [6.45, 7) is 1.90. The van der Waals surface area contributed by atoms with Crippen molar-refractivity contribution in [2.45, 2.75) is 18.4 Å². The lowest BCUT2D eigenvalue weighted by atomic mass is 10.2. The van der Waals surface area contributed by atoms with Crippen LogP contribution in [0, 0.1) is 12.7 Å². The first-order valence-corrected chi connectivity index (χ1v) is 10.9. The van der Waals surface area contributed by atoms with Gasteiger partial charge in [0.25, 0.3) is 5.91 Å². The third-order valence-corrected chi connectivity index (χ3v) is 6.08. The molecule has 0 aliphatic carbocycles. The number of benzene rings is 3. The van der Waals surface area contributed by atoms with Crippen LogP contribution in [0.5, 0.6) is 11.5 Å². The Kier molecular flexibility index (Phi) is 5.62. The molecule has 1 amide bonds. The molecular weight excluding hydrogens is 423 g/mol. The number of rotatable bonds is 6. The molecule has 160 valence electrons. The molecular formula is C22H19FN2O5S. The monoisotopic (exact) mass is 442 g/mol. The number of sulfonamides is 1. The van der Waals surface area contributed by atoms with Crippen LogP contribution in [0.15, 0.2) is 65.6 Å². The van der Waals surface area contributed by atoms with Crippen molar-refractivity contribution >= 4 is 21.6 Å². The number of nitrogens with one attached hydrogen (secondary N) is 2. The van der Waals surface area contributed by atoms with Gasteiger partial charge in [-0.3, -0.25) is 4.79 Å². The van der Waals surface area contributed by atoms with Gasteiger partial charge in [0.1, 0.15) is 10.7 Å². The normalized spacial score (nSPS) is 12.6. The Bertz CT molecular complexity index is 1260. The molecule has 0 saturated carbocycles. The molecule has 4 rings (SSSR count). The molecule has 3 aromatic carbocycles. The summed E-state index contributed by atoms with van der Waals surface area (Å²) in [5.41, 5.74) is 2.14. The summed E-state index contributed by atoms with van der Waals surface area (Å²) in [5.74, 6) is -0.411. The van der Waals surface area contributed by atoms with E-state index in [0.717, 1.165) is 17.7 Å². The minimum absolute atomic E-state index is 0.0198. The van der Waals surface area contributed by atoms with E-state index >= 15 is 0 Å². The second kappa shape index (κ2) is 8.37. The van der Waals surface area contributed by atoms with Gasteiger partial charge in [0.2, 0.25) is 16.8 Å². The maximum atomic E-state index is 14.3. The molecule has 0 unspecified atom stereocenters. The molecule has 3 aromatic rings. The van der Waals surface area contributed by atoms with Gasteiger partial charge in [-0.2, -0.15) is 0 Å². The van der Waals surface area contributed by atoms with E-state index in [9.17, 15) is 17.6 Å². The third kappa shape index (κ3) is 4.68. The predicted octanol–water partition coefficient (Wildman–Crippen LogP) is 3.59. The molecule has 31 heavy (non-hydrogen) atoms. The fourth-order valence-corrected chi connectivity index (χ4v) is 4.20. The topological polar surface area (TPSA) is 93.7 Å². The Labute approximate surface area is 178 Å². The van der Waals surface area contributed by atoms with Crippen LogP contribution in [0.2, 0.25) is 0 Å². The predicted molar refractivity (Wildman–Crippen MR) is 112 cm³/mol. The Hall–Kier alpha value is -3.43. The second-order valence-electron chi connectivity index (χ2n) is 6.98. The van der Waals surface area contributed by atoms with Crippen molar-refractivity contribution in [2.24, 2.45) is 0 Å². The molecule has 0 bridgehead atoms. The first-order chi connectivity index (χ1) is 14.8. The number of carbonyl (C=O) groups excluding carboxylic acids is 1. The Morgan fingerprint density at radius 2 is 1.84 bits per heavy atom. The molecule has 0 saturated heterocycles. The van der Waals surface area contributed by atoms with Crippen LogP contribution < -0.4 is 19.5 Å². The zero-order valence-electron chi connectivity index (χ0n) is 16.5. The molecule has 0 radical (unpaired) electrons. The molecule has 1 aliphatic rings. The number of halogens is 1. The summed E-state index contributed by atoms with van der Waals surface area (Å²) >= 11 is 0. The fraction of sp³-hybridized carbons (Fsp3) is 0.136. The van der Waals surface area contributed by atoms with Gasteiger partial charge in [-0.05, 0) is 60.5 Å². The molecule has 0 aromatic heterocycles. The SMILES string of the molecule is Cc1cccc(NC(=O)c2ccc(F)c(S(=O)(=O)NCc3ccc4c(c3)OCO4)c2)c1. The van der Waals surface area contributed by atoms with Crippen LogP contribution in [-0.2, 0) is 16.6 Å². The first kappa shape index (κ1) is 20.8. The minimum atomic E-state index is -4.22. The Morgan fingerprint density at radius 1 is 1.03 bits per heavy atom. The second-order valence-corrected chi connectivity index (χ2v) is 8.72. The standard InChI is InChI=1S/C22H19FN2O5S/c1-14-3-2-4-17(9-14)25-22(26)16-6-7-18(23)21(11-16)31(27,28)24-12-15-5-8-19-20(10-15)30-13-29-19/h2-11,24H,12-13H2,1H3,(H,25,26). The van der Waals surface area contributed by atoms with Crippen molar-refractivity contribution in [1.82, 2.24) is 4.72 Å². The highest BCUT2D eigenvalue weighted by Gasteiger charge is 2.22. The number of hydrogen-bond acceptors (Lipinski definition) is 5. The number of anilines is 1. The smallest absolute Gasteiger partial charge is 0.255 e. The largest absolute Gasteiger partial charge is 0.454 e. The fourth-order valence-electron chi connectivity index (χ4n) is 3.08. The van der Waals surface area contributed by atoms with Crippen molar-refractivity contribution < 1.29 is 27.1 Å². The Balaban J connectivity index is 1.51. The van der Waals surface area contributed by atoms with Gasteiger partial charge in [-0.25, -0.2) is 17.5 Å². The summed E-state index contributed by atoms with van der Waals surface area (Å²) in [4.78, 5) is 11.9. The zero-order chi connectivity index (χ0) is 22.0. The van der Waals surface area contributed by atoms with Crippen LogP contribution in [0.1, 0.15) is 21.5 Å². The number of aryl methyl sites for hydroxylation is 1. The van der Waals surface area contributed by atoms with Crippen LogP contribution in [0.3, 0.4) is 0 Å². The van der Waals surface area contributed by atoms with E-state index in [4.69, 9.17) is 9.47 Å². The van der Waals surface area contributed by atoms with Crippen LogP contribution in [-0.4, -0.2) is 21.1 Å². The van der Waals surface area contributed by atoms with Gasteiger partial charge in [-0.15, -0.1) is 0 Å². The molecule has 0 atom stereocenters. The number of amides is 1. The van der Waals surface area contributed by atoms with Gasteiger partial charge >= 0.3 is 0 Å². The van der Waals surface area contributed by atoms with Gasteiger partial charge in [0.05, 0.1) is 0 Å². The van der Waals surface area contributed by atoms with Crippen molar-refractivity contribution in [2.75, 3.05) is 12.1 Å². The maximum Gasteiger partial charge on any atom is 0.255 e. The van der Waals surface area contributed by atoms with Crippen LogP contribution >= 0.6 is 0 Å². The average molecular weight is 442 g/mol. The summed E-state index contributed by atoms with van der Waals surface area (Å²) in [6.07, 6.45) is 0. The van der Waals surface area contributed by atoms with E-state index in [1.807, 2.05) is 13.0 Å². The van der Waals surface area contributed by atoms with Crippen molar-refractivity contribution in [3.05, 3.63) is 83.2 Å². The highest BCUT2D eigenvalue weighted by molar-refractivity contribution is 7.89.